The molecule has 0 N–H and O–H groups in total. The van der Waals surface area contributed by atoms with Crippen molar-refractivity contribution in [3.05, 3.63) is 181 Å². The van der Waals surface area contributed by atoms with Gasteiger partial charge >= 0.3 is 0 Å². The summed E-state index contributed by atoms with van der Waals surface area (Å²) in [5.74, 6) is 0.717. The van der Waals surface area contributed by atoms with Crippen molar-refractivity contribution < 1.29 is 9.53 Å². The maximum atomic E-state index is 13.4. The zero-order chi connectivity index (χ0) is 31.6. The number of aldehydes is 1. The molecule has 224 valence electrons. The predicted octanol–water partition coefficient (Wildman–Crippen LogP) is 11.2. The Morgan fingerprint density at radius 3 is 1.55 bits per heavy atom. The van der Waals surface area contributed by atoms with Gasteiger partial charge in [-0.25, -0.2) is 0 Å². The zero-order valence-electron chi connectivity index (χ0n) is 25.7. The summed E-state index contributed by atoms with van der Waals surface area (Å²) in [5.41, 5.74) is 12.1. The molecule has 0 unspecified atom stereocenters. The van der Waals surface area contributed by atoms with Gasteiger partial charge in [0.1, 0.15) is 12.4 Å². The van der Waals surface area contributed by atoms with Crippen LogP contribution in [0.4, 0.5) is 0 Å². The minimum atomic E-state index is 0.441. The van der Waals surface area contributed by atoms with Gasteiger partial charge in [0.15, 0.2) is 6.29 Å². The molecule has 0 aliphatic carbocycles. The van der Waals surface area contributed by atoms with E-state index in [9.17, 15) is 4.79 Å². The van der Waals surface area contributed by atoms with E-state index in [4.69, 9.17) is 4.74 Å². The molecule has 0 fully saturated rings. The van der Waals surface area contributed by atoms with Crippen molar-refractivity contribution in [3.63, 3.8) is 0 Å². The molecular weight excluding hydrogens is 574 g/mol. The van der Waals surface area contributed by atoms with Gasteiger partial charge in [-0.15, -0.1) is 0 Å². The Labute approximate surface area is 274 Å². The van der Waals surface area contributed by atoms with Crippen molar-refractivity contribution in [2.24, 2.45) is 0 Å². The first-order chi connectivity index (χ1) is 23.3. The zero-order valence-corrected chi connectivity index (χ0v) is 25.7. The average Bonchev–Trinajstić information content (AvgIpc) is 3.48. The highest BCUT2D eigenvalue weighted by atomic mass is 16.5. The van der Waals surface area contributed by atoms with Crippen molar-refractivity contribution in [2.45, 2.75) is 6.61 Å². The van der Waals surface area contributed by atoms with Gasteiger partial charge in [0, 0.05) is 27.6 Å². The molecule has 3 nitrogen and oxygen atoms in total. The second-order valence-electron chi connectivity index (χ2n) is 11.6. The summed E-state index contributed by atoms with van der Waals surface area (Å²) >= 11 is 0. The van der Waals surface area contributed by atoms with Gasteiger partial charge in [-0.05, 0) is 46.0 Å². The maximum Gasteiger partial charge on any atom is 0.152 e. The predicted molar refractivity (Wildman–Crippen MR) is 193 cm³/mol. The van der Waals surface area contributed by atoms with Crippen LogP contribution in [0.3, 0.4) is 0 Å². The van der Waals surface area contributed by atoms with Gasteiger partial charge in [0.2, 0.25) is 0 Å². The van der Waals surface area contributed by atoms with E-state index < -0.39 is 0 Å². The first kappa shape index (κ1) is 28.3. The molecule has 0 radical (unpaired) electrons. The van der Waals surface area contributed by atoms with Gasteiger partial charge in [-0.2, -0.15) is 0 Å². The Bertz CT molecular complexity index is 2330. The van der Waals surface area contributed by atoms with Crippen molar-refractivity contribution in [2.75, 3.05) is 0 Å². The molecule has 0 amide bonds. The highest BCUT2D eigenvalue weighted by molar-refractivity contribution is 6.16. The van der Waals surface area contributed by atoms with Gasteiger partial charge in [-0.1, -0.05) is 152 Å². The maximum absolute atomic E-state index is 13.4. The molecule has 2 aromatic heterocycles. The van der Waals surface area contributed by atoms with Crippen molar-refractivity contribution >= 4 is 22.7 Å². The van der Waals surface area contributed by atoms with Crippen LogP contribution in [0.15, 0.2) is 170 Å². The molecule has 2 heterocycles. The highest BCUT2D eigenvalue weighted by Gasteiger charge is 2.28. The van der Waals surface area contributed by atoms with Crippen LogP contribution in [-0.4, -0.2) is 10.7 Å². The van der Waals surface area contributed by atoms with E-state index in [1.807, 2.05) is 48.5 Å². The molecule has 3 heteroatoms. The van der Waals surface area contributed by atoms with Crippen molar-refractivity contribution in [3.8, 4) is 50.4 Å². The SMILES string of the molecule is O=Cc1c2cc(OCc3ccccc3)ccc2n2c(-c3ccccc3)c(-c3ccccc3)c(-c3ccccc3)c(-c3ccccc3)c12. The topological polar surface area (TPSA) is 30.7 Å². The average molecular weight is 606 g/mol. The molecule has 0 aliphatic heterocycles. The van der Waals surface area contributed by atoms with E-state index in [2.05, 4.69) is 126 Å². The molecule has 6 aromatic carbocycles. The number of hydrogen-bond donors (Lipinski definition) is 0. The molecule has 0 saturated heterocycles. The Hall–Kier alpha value is -6.19. The molecule has 0 bridgehead atoms. The van der Waals surface area contributed by atoms with E-state index in [0.29, 0.717) is 12.2 Å². The number of ether oxygens (including phenoxy) is 1. The molecule has 0 atom stereocenters. The van der Waals surface area contributed by atoms with Crippen LogP contribution in [0.1, 0.15) is 15.9 Å². The quantitative estimate of drug-likeness (QED) is 0.161. The fourth-order valence-electron chi connectivity index (χ4n) is 6.73. The lowest BCUT2D eigenvalue weighted by atomic mass is 9.84. The molecule has 0 saturated carbocycles. The lowest BCUT2D eigenvalue weighted by molar-refractivity contribution is 0.112. The fraction of sp³-hybridized carbons (Fsp3) is 0.0227. The van der Waals surface area contributed by atoms with E-state index in [1.165, 1.54) is 0 Å². The number of hydrogen-bond acceptors (Lipinski definition) is 2. The number of pyridine rings is 1. The summed E-state index contributed by atoms with van der Waals surface area (Å²) in [6.45, 7) is 0.441. The van der Waals surface area contributed by atoms with Crippen molar-refractivity contribution in [1.82, 2.24) is 4.40 Å². The molecular formula is C44H31NO2. The first-order valence-electron chi connectivity index (χ1n) is 15.8. The Morgan fingerprint density at radius 1 is 0.511 bits per heavy atom. The largest absolute Gasteiger partial charge is 0.489 e. The summed E-state index contributed by atoms with van der Waals surface area (Å²) in [5, 5.41) is 0.851. The van der Waals surface area contributed by atoms with Crippen LogP contribution < -0.4 is 4.74 Å². The summed E-state index contributed by atoms with van der Waals surface area (Å²) in [7, 11) is 0. The summed E-state index contributed by atoms with van der Waals surface area (Å²) in [6, 6.07) is 58.3. The molecule has 47 heavy (non-hydrogen) atoms. The van der Waals surface area contributed by atoms with Crippen LogP contribution in [0.5, 0.6) is 5.75 Å². The molecule has 0 spiro atoms. The van der Waals surface area contributed by atoms with Gasteiger partial charge in [0.25, 0.3) is 0 Å². The fourth-order valence-corrected chi connectivity index (χ4v) is 6.73. The normalized spacial score (nSPS) is 11.1. The lowest BCUT2D eigenvalue weighted by Gasteiger charge is -2.24. The molecule has 8 aromatic rings. The Balaban J connectivity index is 1.56. The van der Waals surface area contributed by atoms with Crippen LogP contribution in [0.2, 0.25) is 0 Å². The molecule has 8 rings (SSSR count). The van der Waals surface area contributed by atoms with E-state index >= 15 is 0 Å². The van der Waals surface area contributed by atoms with Crippen LogP contribution in [0.25, 0.3) is 61.1 Å². The van der Waals surface area contributed by atoms with Gasteiger partial charge in [-0.3, -0.25) is 4.79 Å². The minimum Gasteiger partial charge on any atom is -0.489 e. The monoisotopic (exact) mass is 605 g/mol. The number of rotatable bonds is 8. The van der Waals surface area contributed by atoms with Crippen LogP contribution >= 0.6 is 0 Å². The van der Waals surface area contributed by atoms with Gasteiger partial charge in [0.05, 0.1) is 16.7 Å². The summed E-state index contributed by atoms with van der Waals surface area (Å²) < 4.78 is 8.58. The standard InChI is InChI=1S/C44H31NO2/c46-29-38-37-28-36(47-30-31-16-6-1-7-17-31)26-27-39(37)45-43(35-24-14-5-15-25-35)41(33-20-10-3-11-21-33)40(32-18-8-2-9-19-32)42(44(38)45)34-22-12-4-13-23-34/h1-29H,30H2. The number of carbonyl (C=O) groups excluding carboxylic acids is 1. The number of aromatic nitrogens is 1. The van der Waals surface area contributed by atoms with Gasteiger partial charge < -0.3 is 9.14 Å². The number of carbonyl (C=O) groups is 1. The van der Waals surface area contributed by atoms with E-state index in [0.717, 1.165) is 78.7 Å². The number of nitrogens with zero attached hydrogens (tertiary/aromatic N) is 1. The smallest absolute Gasteiger partial charge is 0.152 e. The third-order valence-corrected chi connectivity index (χ3v) is 8.78. The van der Waals surface area contributed by atoms with Crippen LogP contribution in [0, 0.1) is 0 Å². The minimum absolute atomic E-state index is 0.441. The third kappa shape index (κ3) is 5.08. The number of fused-ring (bicyclic) bond motifs is 3. The summed E-state index contributed by atoms with van der Waals surface area (Å²) in [4.78, 5) is 13.4. The van der Waals surface area contributed by atoms with E-state index in [-0.39, 0.29) is 0 Å². The summed E-state index contributed by atoms with van der Waals surface area (Å²) in [6.07, 6.45) is 1.01. The Kier molecular flexibility index (Phi) is 7.41. The second kappa shape index (κ2) is 12.3. The highest BCUT2D eigenvalue weighted by Crippen LogP contribution is 2.50. The number of benzene rings is 6. The van der Waals surface area contributed by atoms with Crippen molar-refractivity contribution in [1.29, 1.82) is 0 Å². The van der Waals surface area contributed by atoms with E-state index in [1.54, 1.807) is 0 Å². The second-order valence-corrected chi connectivity index (χ2v) is 11.6. The first-order valence-corrected chi connectivity index (χ1v) is 15.8. The van der Waals surface area contributed by atoms with Crippen LogP contribution in [-0.2, 0) is 6.61 Å². The molecule has 0 aliphatic rings. The third-order valence-electron chi connectivity index (χ3n) is 8.78. The Morgan fingerprint density at radius 2 is 1.00 bits per heavy atom. The lowest BCUT2D eigenvalue weighted by Crippen LogP contribution is -2.03.